The van der Waals surface area contributed by atoms with Crippen LogP contribution in [-0.2, 0) is 24.5 Å². The van der Waals surface area contributed by atoms with Crippen LogP contribution >= 0.6 is 0 Å². The number of carbonyl (C=O) groups is 1. The number of amides is 1. The molecule has 0 aliphatic carbocycles. The molecule has 1 aromatic carbocycles. The smallest absolute Gasteiger partial charge is 0.225 e. The zero-order chi connectivity index (χ0) is 22.9. The van der Waals surface area contributed by atoms with E-state index in [1.807, 2.05) is 9.80 Å². The Kier molecular flexibility index (Phi) is 6.19. The lowest BCUT2D eigenvalue weighted by Gasteiger charge is -2.39. The van der Waals surface area contributed by atoms with E-state index in [0.717, 1.165) is 0 Å². The Bertz CT molecular complexity index is 1180. The third-order valence-corrected chi connectivity index (χ3v) is 9.93. The first-order valence-electron chi connectivity index (χ1n) is 10.2. The number of rotatable bonds is 5. The molecule has 1 aromatic heterocycles. The first-order valence-corrected chi connectivity index (χ1v) is 13.6. The highest BCUT2D eigenvalue weighted by Crippen LogP contribution is 2.30. The number of piperazine rings is 1. The van der Waals surface area contributed by atoms with Crippen LogP contribution in [0.4, 0.5) is 11.6 Å². The van der Waals surface area contributed by atoms with Crippen molar-refractivity contribution in [3.63, 3.8) is 0 Å². The molecule has 172 valence electrons. The fraction of sp³-hybridized carbons (Fsp3) is 0.450. The van der Waals surface area contributed by atoms with Gasteiger partial charge in [-0.15, -0.1) is 0 Å². The molecule has 3 heterocycles. The maximum Gasteiger partial charge on any atom is 0.225 e. The van der Waals surface area contributed by atoms with E-state index < -0.39 is 36.7 Å². The molecular formula is C20H25N5O5S2. The minimum Gasteiger partial charge on any atom is -0.338 e. The Hall–Kier alpha value is -2.57. The average Bonchev–Trinajstić information content (AvgIpc) is 3.11. The number of carbonyl (C=O) groups excluding carboxylic acids is 1. The van der Waals surface area contributed by atoms with Gasteiger partial charge in [-0.05, 0) is 30.3 Å². The average molecular weight is 480 g/mol. The number of hydrogen-bond acceptors (Lipinski definition) is 9. The van der Waals surface area contributed by atoms with Crippen molar-refractivity contribution in [1.29, 1.82) is 0 Å². The van der Waals surface area contributed by atoms with E-state index in [1.54, 1.807) is 18.5 Å². The second-order valence-corrected chi connectivity index (χ2v) is 12.3. The summed E-state index contributed by atoms with van der Waals surface area (Å²) in [7, 11) is -7.38. The van der Waals surface area contributed by atoms with Gasteiger partial charge in [0.1, 0.15) is 0 Å². The third kappa shape index (κ3) is 4.76. The zero-order valence-electron chi connectivity index (χ0n) is 17.6. The lowest BCUT2D eigenvalue weighted by Crippen LogP contribution is -2.55. The number of sulfone groups is 2. The van der Waals surface area contributed by atoms with Gasteiger partial charge in [0.05, 0.1) is 21.7 Å². The predicted octanol–water partition coefficient (Wildman–Crippen LogP) is 0.197. The molecule has 0 spiro atoms. The van der Waals surface area contributed by atoms with E-state index in [9.17, 15) is 21.6 Å². The number of benzene rings is 1. The topological polar surface area (TPSA) is 130 Å². The summed E-state index contributed by atoms with van der Waals surface area (Å²) in [6.07, 6.45) is 3.33. The van der Waals surface area contributed by atoms with Crippen LogP contribution in [0.25, 0.3) is 0 Å². The molecule has 2 unspecified atom stereocenters. The largest absolute Gasteiger partial charge is 0.338 e. The Balaban J connectivity index is 1.53. The molecule has 1 amide bonds. The highest BCUT2D eigenvalue weighted by atomic mass is 32.2. The molecule has 0 radical (unpaired) electrons. The standard InChI is InChI=1S/C20H25N5O5S2/c1-15(26)23-16-3-5-17(6-4-16)32(29,30)19-14-31(27,28)13-18(19)24-9-11-25(12-10-24)20-21-7-2-8-22-20/h2-8,18-19H,9-14H2,1H3,(H,23,26). The van der Waals surface area contributed by atoms with Crippen molar-refractivity contribution < 1.29 is 21.6 Å². The van der Waals surface area contributed by atoms with Crippen LogP contribution < -0.4 is 10.2 Å². The normalized spacial score (nSPS) is 23.7. The molecule has 32 heavy (non-hydrogen) atoms. The van der Waals surface area contributed by atoms with Crippen molar-refractivity contribution in [3.05, 3.63) is 42.7 Å². The first kappa shape index (κ1) is 22.6. The van der Waals surface area contributed by atoms with Crippen LogP contribution in [0.15, 0.2) is 47.6 Å². The van der Waals surface area contributed by atoms with E-state index in [4.69, 9.17) is 0 Å². The maximum atomic E-state index is 13.4. The molecule has 0 bridgehead atoms. The van der Waals surface area contributed by atoms with E-state index >= 15 is 0 Å². The van der Waals surface area contributed by atoms with Gasteiger partial charge in [0.2, 0.25) is 11.9 Å². The monoisotopic (exact) mass is 479 g/mol. The Morgan fingerprint density at radius 1 is 1.03 bits per heavy atom. The quantitative estimate of drug-likeness (QED) is 0.639. The number of anilines is 2. The summed E-state index contributed by atoms with van der Waals surface area (Å²) in [4.78, 5) is 23.7. The molecule has 2 aliphatic rings. The predicted molar refractivity (Wildman–Crippen MR) is 120 cm³/mol. The Morgan fingerprint density at radius 2 is 1.66 bits per heavy atom. The summed E-state index contributed by atoms with van der Waals surface area (Å²) in [6.45, 7) is 3.57. The highest BCUT2D eigenvalue weighted by molar-refractivity contribution is 7.96. The molecular weight excluding hydrogens is 454 g/mol. The van der Waals surface area contributed by atoms with Crippen molar-refractivity contribution >= 4 is 37.2 Å². The molecule has 4 rings (SSSR count). The van der Waals surface area contributed by atoms with Gasteiger partial charge < -0.3 is 10.2 Å². The molecule has 12 heteroatoms. The summed E-state index contributed by atoms with van der Waals surface area (Å²) < 4.78 is 51.7. The number of aromatic nitrogens is 2. The van der Waals surface area contributed by atoms with Gasteiger partial charge >= 0.3 is 0 Å². The van der Waals surface area contributed by atoms with E-state index in [-0.39, 0.29) is 16.6 Å². The van der Waals surface area contributed by atoms with Gasteiger partial charge in [0, 0.05) is 57.2 Å². The molecule has 2 atom stereocenters. The Morgan fingerprint density at radius 3 is 2.25 bits per heavy atom. The highest BCUT2D eigenvalue weighted by Gasteiger charge is 2.48. The van der Waals surface area contributed by atoms with Gasteiger partial charge in [-0.2, -0.15) is 0 Å². The number of nitrogens with one attached hydrogen (secondary N) is 1. The van der Waals surface area contributed by atoms with Crippen LogP contribution in [0, 0.1) is 0 Å². The number of nitrogens with zero attached hydrogens (tertiary/aromatic N) is 4. The van der Waals surface area contributed by atoms with Gasteiger partial charge in [0.15, 0.2) is 19.7 Å². The minimum atomic E-state index is -3.89. The van der Waals surface area contributed by atoms with Crippen molar-refractivity contribution in [3.8, 4) is 0 Å². The maximum absolute atomic E-state index is 13.4. The Labute approximate surface area is 187 Å². The van der Waals surface area contributed by atoms with E-state index in [1.165, 1.54) is 31.2 Å². The number of hydrogen-bond donors (Lipinski definition) is 1. The van der Waals surface area contributed by atoms with Crippen molar-refractivity contribution in [1.82, 2.24) is 14.9 Å². The zero-order valence-corrected chi connectivity index (χ0v) is 19.2. The summed E-state index contributed by atoms with van der Waals surface area (Å²) in [5.74, 6) is -0.227. The van der Waals surface area contributed by atoms with Crippen LogP contribution in [0.5, 0.6) is 0 Å². The molecule has 0 saturated carbocycles. The van der Waals surface area contributed by atoms with Gasteiger partial charge in [-0.25, -0.2) is 26.8 Å². The van der Waals surface area contributed by atoms with Gasteiger partial charge in [0.25, 0.3) is 0 Å². The molecule has 1 N–H and O–H groups in total. The van der Waals surface area contributed by atoms with Crippen LogP contribution in [0.3, 0.4) is 0 Å². The third-order valence-electron chi connectivity index (χ3n) is 5.79. The molecule has 2 saturated heterocycles. The molecule has 2 aliphatic heterocycles. The molecule has 2 aromatic rings. The van der Waals surface area contributed by atoms with Crippen molar-refractivity contribution in [2.24, 2.45) is 0 Å². The van der Waals surface area contributed by atoms with Gasteiger partial charge in [-0.3, -0.25) is 9.69 Å². The summed E-state index contributed by atoms with van der Waals surface area (Å²) in [5.41, 5.74) is 0.478. The minimum absolute atomic E-state index is 0.0509. The fourth-order valence-electron chi connectivity index (χ4n) is 4.25. The molecule has 10 nitrogen and oxygen atoms in total. The fourth-order valence-corrected chi connectivity index (χ4v) is 9.08. The lowest BCUT2D eigenvalue weighted by molar-refractivity contribution is -0.114. The molecule has 2 fully saturated rings. The summed E-state index contributed by atoms with van der Waals surface area (Å²) in [6, 6.07) is 6.96. The van der Waals surface area contributed by atoms with Crippen molar-refractivity contribution in [2.75, 3.05) is 47.9 Å². The summed E-state index contributed by atoms with van der Waals surface area (Å²) in [5, 5.41) is 1.55. The second-order valence-electron chi connectivity index (χ2n) is 8.01. The van der Waals surface area contributed by atoms with Gasteiger partial charge in [-0.1, -0.05) is 0 Å². The van der Waals surface area contributed by atoms with Crippen molar-refractivity contribution in [2.45, 2.75) is 23.1 Å². The summed E-state index contributed by atoms with van der Waals surface area (Å²) >= 11 is 0. The second kappa shape index (κ2) is 8.75. The van der Waals surface area contributed by atoms with Crippen LogP contribution in [0.2, 0.25) is 0 Å². The van der Waals surface area contributed by atoms with Crippen LogP contribution in [-0.4, -0.2) is 86.6 Å². The van der Waals surface area contributed by atoms with Crippen LogP contribution in [0.1, 0.15) is 6.92 Å². The first-order chi connectivity index (χ1) is 15.2. The lowest BCUT2D eigenvalue weighted by atomic mass is 10.2. The van der Waals surface area contributed by atoms with E-state index in [2.05, 4.69) is 15.3 Å². The van der Waals surface area contributed by atoms with E-state index in [0.29, 0.717) is 37.8 Å². The SMILES string of the molecule is CC(=O)Nc1ccc(S(=O)(=O)C2CS(=O)(=O)CC2N2CCN(c3ncccn3)CC2)cc1.